The molecule has 0 atom stereocenters. The molecule has 2 aromatic rings. The lowest BCUT2D eigenvalue weighted by Crippen LogP contribution is -2.27. The van der Waals surface area contributed by atoms with E-state index in [1.807, 2.05) is 21.7 Å². The molecule has 1 fully saturated rings. The lowest BCUT2D eigenvalue weighted by atomic mass is 10.1. The lowest BCUT2D eigenvalue weighted by molar-refractivity contribution is 0.563. The van der Waals surface area contributed by atoms with E-state index in [1.54, 1.807) is 18.4 Å². The Morgan fingerprint density at radius 3 is 2.48 bits per heavy atom. The van der Waals surface area contributed by atoms with Crippen molar-refractivity contribution in [1.82, 2.24) is 5.32 Å². The maximum absolute atomic E-state index is 14.4. The van der Waals surface area contributed by atoms with Gasteiger partial charge in [0.1, 0.15) is 17.3 Å². The number of hydrogen-bond acceptors (Lipinski definition) is 3. The van der Waals surface area contributed by atoms with Crippen molar-refractivity contribution in [2.45, 2.75) is 32.0 Å². The van der Waals surface area contributed by atoms with E-state index in [1.165, 1.54) is 12.1 Å². The Labute approximate surface area is 127 Å². The van der Waals surface area contributed by atoms with Gasteiger partial charge in [-0.1, -0.05) is 0 Å². The second-order valence-electron chi connectivity index (χ2n) is 5.43. The lowest BCUT2D eigenvalue weighted by Gasteiger charge is -2.25. The summed E-state index contributed by atoms with van der Waals surface area (Å²) in [6.07, 6.45) is 2.00. The van der Waals surface area contributed by atoms with Crippen molar-refractivity contribution >= 4 is 17.0 Å². The van der Waals surface area contributed by atoms with Gasteiger partial charge in [0.15, 0.2) is 0 Å². The van der Waals surface area contributed by atoms with Gasteiger partial charge in [-0.3, -0.25) is 0 Å². The summed E-state index contributed by atoms with van der Waals surface area (Å²) >= 11 is 1.60. The molecule has 0 aliphatic heterocycles. The van der Waals surface area contributed by atoms with Crippen molar-refractivity contribution < 1.29 is 8.78 Å². The molecule has 0 bridgehead atoms. The fraction of sp³-hybridized carbons (Fsp3) is 0.375. The largest absolute Gasteiger partial charge is 0.359 e. The summed E-state index contributed by atoms with van der Waals surface area (Å²) in [5, 5.41) is 6.93. The third-order valence-electron chi connectivity index (χ3n) is 3.67. The maximum Gasteiger partial charge on any atom is 0.149 e. The van der Waals surface area contributed by atoms with Crippen LogP contribution in [0, 0.1) is 11.6 Å². The van der Waals surface area contributed by atoms with E-state index in [4.69, 9.17) is 0 Å². The Morgan fingerprint density at radius 1 is 1.24 bits per heavy atom. The van der Waals surface area contributed by atoms with Crippen LogP contribution in [0.2, 0.25) is 0 Å². The van der Waals surface area contributed by atoms with Crippen LogP contribution in [0.5, 0.6) is 0 Å². The third kappa shape index (κ3) is 3.24. The van der Waals surface area contributed by atoms with Crippen LogP contribution in [0.3, 0.4) is 0 Å². The highest BCUT2D eigenvalue weighted by molar-refractivity contribution is 7.07. The van der Waals surface area contributed by atoms with Gasteiger partial charge in [-0.15, -0.1) is 0 Å². The quantitative estimate of drug-likeness (QED) is 0.870. The summed E-state index contributed by atoms with van der Waals surface area (Å²) in [7, 11) is 1.76. The summed E-state index contributed by atoms with van der Waals surface area (Å²) in [6.45, 7) is 1.02. The minimum atomic E-state index is -0.470. The van der Waals surface area contributed by atoms with Crippen LogP contribution >= 0.6 is 11.3 Å². The van der Waals surface area contributed by atoms with E-state index in [-0.39, 0.29) is 11.7 Å². The van der Waals surface area contributed by atoms with Crippen LogP contribution in [0.4, 0.5) is 14.5 Å². The molecule has 1 saturated carbocycles. The van der Waals surface area contributed by atoms with Crippen LogP contribution in [-0.4, -0.2) is 13.1 Å². The van der Waals surface area contributed by atoms with E-state index in [9.17, 15) is 8.78 Å². The average molecular weight is 308 g/mol. The molecule has 112 valence electrons. The molecular formula is C16H18F2N2S. The first-order valence-corrected chi connectivity index (χ1v) is 8.03. The molecular weight excluding hydrogens is 290 g/mol. The highest BCUT2D eigenvalue weighted by Crippen LogP contribution is 2.36. The number of hydrogen-bond donors (Lipinski definition) is 1. The number of benzene rings is 1. The summed E-state index contributed by atoms with van der Waals surface area (Å²) < 4.78 is 28.8. The minimum absolute atomic E-state index is 0.114. The fourth-order valence-corrected chi connectivity index (χ4v) is 3.21. The van der Waals surface area contributed by atoms with E-state index < -0.39 is 11.6 Å². The Hall–Kier alpha value is -1.46. The van der Waals surface area contributed by atoms with E-state index >= 15 is 0 Å². The molecule has 1 aliphatic carbocycles. The van der Waals surface area contributed by atoms with Gasteiger partial charge in [0, 0.05) is 19.1 Å². The first-order chi connectivity index (χ1) is 10.2. The van der Waals surface area contributed by atoms with Gasteiger partial charge in [-0.2, -0.15) is 11.3 Å². The van der Waals surface area contributed by atoms with Gasteiger partial charge < -0.3 is 10.2 Å². The minimum Gasteiger partial charge on any atom is -0.359 e. The van der Waals surface area contributed by atoms with Crippen LogP contribution in [0.1, 0.15) is 24.0 Å². The average Bonchev–Trinajstić information content (AvgIpc) is 3.15. The second-order valence-corrected chi connectivity index (χ2v) is 6.21. The molecule has 3 rings (SSSR count). The summed E-state index contributed by atoms with van der Waals surface area (Å²) in [4.78, 5) is 1.87. The van der Waals surface area contributed by atoms with Crippen LogP contribution in [0.15, 0.2) is 29.0 Å². The van der Waals surface area contributed by atoms with Gasteiger partial charge >= 0.3 is 0 Å². The molecule has 1 heterocycles. The molecule has 1 N–H and O–H groups in total. The van der Waals surface area contributed by atoms with Crippen molar-refractivity contribution in [3.63, 3.8) is 0 Å². The van der Waals surface area contributed by atoms with Crippen molar-refractivity contribution in [1.29, 1.82) is 0 Å². The van der Waals surface area contributed by atoms with Crippen molar-refractivity contribution in [2.24, 2.45) is 0 Å². The number of anilines is 1. The van der Waals surface area contributed by atoms with Crippen LogP contribution < -0.4 is 10.2 Å². The fourth-order valence-electron chi connectivity index (χ4n) is 2.55. The van der Waals surface area contributed by atoms with Crippen molar-refractivity contribution in [3.8, 4) is 0 Å². The third-order valence-corrected chi connectivity index (χ3v) is 4.40. The monoisotopic (exact) mass is 308 g/mol. The molecule has 1 aromatic carbocycles. The molecule has 0 unspecified atom stereocenters. The summed E-state index contributed by atoms with van der Waals surface area (Å²) in [6, 6.07) is 5.12. The van der Waals surface area contributed by atoms with Crippen molar-refractivity contribution in [3.05, 3.63) is 51.7 Å². The van der Waals surface area contributed by atoms with Crippen LogP contribution in [0.25, 0.3) is 0 Å². The standard InChI is InChI=1S/C16H18F2N2S/c1-19-8-12-6-14(17)16(15(18)7-12)20(13-2-3-13)9-11-4-5-21-10-11/h4-7,10,13,19H,2-3,8-9H2,1H3. The number of rotatable bonds is 6. The second kappa shape index (κ2) is 6.12. The number of nitrogens with zero attached hydrogens (tertiary/aromatic N) is 1. The van der Waals surface area contributed by atoms with E-state index in [2.05, 4.69) is 5.32 Å². The first-order valence-electron chi connectivity index (χ1n) is 7.09. The molecule has 2 nitrogen and oxygen atoms in total. The first kappa shape index (κ1) is 14.5. The molecule has 1 aromatic heterocycles. The predicted molar refractivity (Wildman–Crippen MR) is 82.6 cm³/mol. The Kier molecular flexibility index (Phi) is 4.22. The highest BCUT2D eigenvalue weighted by atomic mass is 32.1. The predicted octanol–water partition coefficient (Wildman–Crippen LogP) is 3.91. The topological polar surface area (TPSA) is 15.3 Å². The molecule has 5 heteroatoms. The Morgan fingerprint density at radius 2 is 1.95 bits per heavy atom. The zero-order valence-corrected chi connectivity index (χ0v) is 12.7. The smallest absolute Gasteiger partial charge is 0.149 e. The van der Waals surface area contributed by atoms with Gasteiger partial charge in [0.2, 0.25) is 0 Å². The van der Waals surface area contributed by atoms with Gasteiger partial charge in [0.25, 0.3) is 0 Å². The molecule has 0 amide bonds. The zero-order valence-electron chi connectivity index (χ0n) is 11.9. The summed E-state index contributed by atoms with van der Waals surface area (Å²) in [5.74, 6) is -0.940. The molecule has 21 heavy (non-hydrogen) atoms. The Balaban J connectivity index is 1.92. The van der Waals surface area contributed by atoms with Crippen molar-refractivity contribution in [2.75, 3.05) is 11.9 Å². The number of thiophene rings is 1. The molecule has 0 saturated heterocycles. The van der Waals surface area contributed by atoms with Crippen LogP contribution in [-0.2, 0) is 13.1 Å². The normalized spacial score (nSPS) is 14.4. The van der Waals surface area contributed by atoms with Gasteiger partial charge in [-0.25, -0.2) is 8.78 Å². The summed E-state index contributed by atoms with van der Waals surface area (Å²) in [5.41, 5.74) is 1.84. The molecule has 1 aliphatic rings. The molecule has 0 radical (unpaired) electrons. The zero-order chi connectivity index (χ0) is 14.8. The maximum atomic E-state index is 14.4. The van der Waals surface area contributed by atoms with Gasteiger partial charge in [0.05, 0.1) is 0 Å². The highest BCUT2D eigenvalue weighted by Gasteiger charge is 2.32. The number of nitrogens with one attached hydrogen (secondary N) is 1. The molecule has 0 spiro atoms. The number of halogens is 2. The van der Waals surface area contributed by atoms with E-state index in [0.717, 1.165) is 18.4 Å². The SMILES string of the molecule is CNCc1cc(F)c(N(Cc2ccsc2)C2CC2)c(F)c1. The Bertz CT molecular complexity index is 586. The van der Waals surface area contributed by atoms with Gasteiger partial charge in [-0.05, 0) is 60.0 Å². The van der Waals surface area contributed by atoms with E-state index in [0.29, 0.717) is 18.7 Å².